The van der Waals surface area contributed by atoms with Gasteiger partial charge in [0.15, 0.2) is 0 Å². The number of nitrogens with zero attached hydrogens (tertiary/aromatic N) is 1. The number of carbonyl (C=O) groups excluding carboxylic acids is 1. The number of thiophene rings is 1. The molecule has 1 saturated heterocycles. The minimum Gasteiger partial charge on any atom is -0.380 e. The average Bonchev–Trinajstić information content (AvgIpc) is 3.05. The molecule has 0 radical (unpaired) electrons. The molecule has 2 aromatic rings. The number of likely N-dealkylation sites (tertiary alicyclic amines) is 1. The van der Waals surface area contributed by atoms with Crippen LogP contribution in [0.4, 0.5) is 0 Å². The Morgan fingerprint density at radius 2 is 2.15 bits per heavy atom. The first kappa shape index (κ1) is 13.7. The van der Waals surface area contributed by atoms with E-state index in [-0.39, 0.29) is 0 Å². The zero-order valence-electron chi connectivity index (χ0n) is 11.5. The van der Waals surface area contributed by atoms with Crippen LogP contribution in [0.15, 0.2) is 29.6 Å². The number of benzene rings is 1. The molecular weight excluding hydrogens is 270 g/mol. The van der Waals surface area contributed by atoms with Gasteiger partial charge < -0.3 is 4.74 Å². The quantitative estimate of drug-likeness (QED) is 0.766. The molecule has 0 amide bonds. The summed E-state index contributed by atoms with van der Waals surface area (Å²) in [6, 6.07) is 8.51. The molecule has 1 aliphatic heterocycles. The molecule has 106 valence electrons. The van der Waals surface area contributed by atoms with Crippen molar-refractivity contribution in [1.82, 2.24) is 4.90 Å². The van der Waals surface area contributed by atoms with Gasteiger partial charge in [-0.1, -0.05) is 18.2 Å². The zero-order valence-corrected chi connectivity index (χ0v) is 12.3. The molecular formula is C16H19NO2S. The zero-order chi connectivity index (χ0) is 13.8. The van der Waals surface area contributed by atoms with E-state index in [0.717, 1.165) is 32.7 Å². The van der Waals surface area contributed by atoms with E-state index in [0.29, 0.717) is 18.7 Å². The third-order valence-corrected chi connectivity index (χ3v) is 4.75. The molecule has 3 rings (SSSR count). The maximum absolute atomic E-state index is 11.1. The second kappa shape index (κ2) is 6.48. The molecule has 0 N–H and O–H groups in total. The lowest BCUT2D eigenvalue weighted by atomic mass is 10.1. The van der Waals surface area contributed by atoms with E-state index in [1.807, 2.05) is 0 Å². The Balaban J connectivity index is 1.40. The van der Waals surface area contributed by atoms with Gasteiger partial charge >= 0.3 is 0 Å². The fraction of sp³-hybridized carbons (Fsp3) is 0.438. The lowest BCUT2D eigenvalue weighted by molar-refractivity contribution is -0.116. The number of Topliss-reactive ketones (excluding diaryl/α,β-unsaturated/α-hetero) is 1. The Labute approximate surface area is 123 Å². The predicted molar refractivity (Wildman–Crippen MR) is 82.4 cm³/mol. The molecule has 4 heteroatoms. The van der Waals surface area contributed by atoms with E-state index in [2.05, 4.69) is 34.5 Å². The Morgan fingerprint density at radius 3 is 3.00 bits per heavy atom. The lowest BCUT2D eigenvalue weighted by Crippen LogP contribution is -2.25. The van der Waals surface area contributed by atoms with E-state index in [4.69, 9.17) is 4.74 Å². The van der Waals surface area contributed by atoms with Gasteiger partial charge in [-0.3, -0.25) is 9.69 Å². The number of hydrogen-bond acceptors (Lipinski definition) is 4. The normalized spacial score (nSPS) is 16.3. The van der Waals surface area contributed by atoms with Crippen LogP contribution in [0.25, 0.3) is 10.1 Å². The Kier molecular flexibility index (Phi) is 4.45. The highest BCUT2D eigenvalue weighted by atomic mass is 32.1. The molecule has 1 aromatic heterocycles. The fourth-order valence-electron chi connectivity index (χ4n) is 2.59. The number of fused-ring (bicyclic) bond motifs is 1. The van der Waals surface area contributed by atoms with Crippen LogP contribution >= 0.6 is 11.3 Å². The van der Waals surface area contributed by atoms with E-state index in [1.165, 1.54) is 15.6 Å². The molecule has 3 nitrogen and oxygen atoms in total. The maximum Gasteiger partial charge on any atom is 0.148 e. The maximum atomic E-state index is 11.1. The van der Waals surface area contributed by atoms with Crippen molar-refractivity contribution in [1.29, 1.82) is 0 Å². The van der Waals surface area contributed by atoms with Crippen molar-refractivity contribution in [2.45, 2.75) is 12.8 Å². The summed E-state index contributed by atoms with van der Waals surface area (Å²) in [5, 5.41) is 3.58. The lowest BCUT2D eigenvalue weighted by Gasteiger charge is -2.13. The van der Waals surface area contributed by atoms with Crippen LogP contribution in [0, 0.1) is 0 Å². The van der Waals surface area contributed by atoms with Gasteiger partial charge in [0, 0.05) is 24.2 Å². The molecule has 2 heterocycles. The first-order valence-corrected chi connectivity index (χ1v) is 7.98. The van der Waals surface area contributed by atoms with E-state index >= 15 is 0 Å². The van der Waals surface area contributed by atoms with Gasteiger partial charge in [-0.25, -0.2) is 0 Å². The SMILES string of the molecule is O=C1CCN(CCOCCc2csc3ccccc23)C1. The Hall–Kier alpha value is -1.23. The van der Waals surface area contributed by atoms with Crippen LogP contribution in [-0.2, 0) is 16.0 Å². The molecule has 20 heavy (non-hydrogen) atoms. The molecule has 1 aliphatic rings. The molecule has 0 unspecified atom stereocenters. The summed E-state index contributed by atoms with van der Waals surface area (Å²) in [6.07, 6.45) is 1.67. The van der Waals surface area contributed by atoms with Crippen molar-refractivity contribution in [2.24, 2.45) is 0 Å². The highest BCUT2D eigenvalue weighted by Crippen LogP contribution is 2.25. The number of carbonyl (C=O) groups is 1. The van der Waals surface area contributed by atoms with Gasteiger partial charge in [0.1, 0.15) is 5.78 Å². The summed E-state index contributed by atoms with van der Waals surface area (Å²) >= 11 is 1.80. The van der Waals surface area contributed by atoms with Crippen LogP contribution < -0.4 is 0 Å². The molecule has 0 bridgehead atoms. The summed E-state index contributed by atoms with van der Waals surface area (Å²) in [7, 11) is 0. The summed E-state index contributed by atoms with van der Waals surface area (Å²) < 4.78 is 7.05. The van der Waals surface area contributed by atoms with Gasteiger partial charge in [-0.15, -0.1) is 11.3 Å². The first-order valence-electron chi connectivity index (χ1n) is 7.10. The third kappa shape index (κ3) is 3.26. The number of ketones is 1. The van der Waals surface area contributed by atoms with Crippen molar-refractivity contribution in [2.75, 3.05) is 32.8 Å². The number of rotatable bonds is 6. The summed E-state index contributed by atoms with van der Waals surface area (Å²) in [6.45, 7) is 3.85. The minimum atomic E-state index is 0.356. The standard InChI is InChI=1S/C16H19NO2S/c18-14-5-7-17(11-14)8-10-19-9-6-13-12-20-16-4-2-1-3-15(13)16/h1-4,12H,5-11H2. The van der Waals surface area contributed by atoms with Gasteiger partial charge in [-0.2, -0.15) is 0 Å². The minimum absolute atomic E-state index is 0.356. The predicted octanol–water partition coefficient (Wildman–Crippen LogP) is 2.74. The molecule has 1 fully saturated rings. The average molecular weight is 289 g/mol. The van der Waals surface area contributed by atoms with Gasteiger partial charge in [0.2, 0.25) is 0 Å². The fourth-order valence-corrected chi connectivity index (χ4v) is 3.58. The smallest absolute Gasteiger partial charge is 0.148 e. The van der Waals surface area contributed by atoms with Gasteiger partial charge in [0.25, 0.3) is 0 Å². The first-order chi connectivity index (χ1) is 9.83. The summed E-state index contributed by atoms with van der Waals surface area (Å²) in [5.41, 5.74) is 1.38. The number of ether oxygens (including phenoxy) is 1. The largest absolute Gasteiger partial charge is 0.380 e. The molecule has 0 saturated carbocycles. The Bertz CT molecular complexity index is 593. The molecule has 1 aromatic carbocycles. The molecule has 0 aliphatic carbocycles. The number of hydrogen-bond donors (Lipinski definition) is 0. The van der Waals surface area contributed by atoms with E-state index < -0.39 is 0 Å². The van der Waals surface area contributed by atoms with Crippen LogP contribution in [0.1, 0.15) is 12.0 Å². The van der Waals surface area contributed by atoms with Crippen molar-refractivity contribution >= 4 is 27.2 Å². The molecule has 0 spiro atoms. The van der Waals surface area contributed by atoms with Crippen molar-refractivity contribution < 1.29 is 9.53 Å². The topological polar surface area (TPSA) is 29.5 Å². The van der Waals surface area contributed by atoms with Crippen LogP contribution in [0.5, 0.6) is 0 Å². The van der Waals surface area contributed by atoms with Crippen LogP contribution in [-0.4, -0.2) is 43.5 Å². The van der Waals surface area contributed by atoms with Crippen LogP contribution in [0.3, 0.4) is 0 Å². The molecule has 0 atom stereocenters. The summed E-state index contributed by atoms with van der Waals surface area (Å²) in [4.78, 5) is 13.3. The third-order valence-electron chi connectivity index (χ3n) is 3.74. The van der Waals surface area contributed by atoms with Crippen molar-refractivity contribution in [3.8, 4) is 0 Å². The van der Waals surface area contributed by atoms with Gasteiger partial charge in [-0.05, 0) is 28.8 Å². The van der Waals surface area contributed by atoms with Crippen molar-refractivity contribution in [3.63, 3.8) is 0 Å². The highest BCUT2D eigenvalue weighted by molar-refractivity contribution is 7.17. The van der Waals surface area contributed by atoms with E-state index in [9.17, 15) is 4.79 Å². The monoisotopic (exact) mass is 289 g/mol. The Morgan fingerprint density at radius 1 is 1.25 bits per heavy atom. The van der Waals surface area contributed by atoms with E-state index in [1.54, 1.807) is 11.3 Å². The van der Waals surface area contributed by atoms with Crippen molar-refractivity contribution in [3.05, 3.63) is 35.2 Å². The van der Waals surface area contributed by atoms with Gasteiger partial charge in [0.05, 0.1) is 19.8 Å². The summed E-state index contributed by atoms with van der Waals surface area (Å²) in [5.74, 6) is 0.356. The van der Waals surface area contributed by atoms with Crippen LogP contribution in [0.2, 0.25) is 0 Å². The second-order valence-electron chi connectivity index (χ2n) is 5.18. The second-order valence-corrected chi connectivity index (χ2v) is 6.10. The highest BCUT2D eigenvalue weighted by Gasteiger charge is 2.18.